The van der Waals surface area contributed by atoms with Crippen molar-refractivity contribution in [2.45, 2.75) is 6.42 Å². The molecule has 0 aliphatic carbocycles. The lowest BCUT2D eigenvalue weighted by atomic mass is 10.2. The topological polar surface area (TPSA) is 67.8 Å². The lowest BCUT2D eigenvalue weighted by molar-refractivity contribution is -0.116. The van der Waals surface area contributed by atoms with Crippen LogP contribution in [-0.2, 0) is 4.79 Å². The molecule has 1 aliphatic rings. The van der Waals surface area contributed by atoms with Gasteiger partial charge in [-0.15, -0.1) is 0 Å². The molecule has 0 aromatic heterocycles. The molecule has 52 valence electrons. The lowest BCUT2D eigenvalue weighted by Gasteiger charge is -1.87. The Labute approximate surface area is 58.2 Å². The van der Waals surface area contributed by atoms with Crippen LogP contribution >= 0.6 is 0 Å². The monoisotopic (exact) mass is 137 g/mol. The Balaban J connectivity index is 2.85. The van der Waals surface area contributed by atoms with E-state index in [0.717, 1.165) is 6.34 Å². The average molecular weight is 137 g/mol. The van der Waals surface area contributed by atoms with Gasteiger partial charge in [0.15, 0.2) is 5.84 Å². The van der Waals surface area contributed by atoms with Crippen molar-refractivity contribution < 1.29 is 4.79 Å². The van der Waals surface area contributed by atoms with Gasteiger partial charge in [-0.05, 0) is 5.57 Å². The number of carbonyl (C=O) groups is 1. The van der Waals surface area contributed by atoms with Gasteiger partial charge >= 0.3 is 0 Å². The maximum atomic E-state index is 10.6. The van der Waals surface area contributed by atoms with Gasteiger partial charge in [0.2, 0.25) is 0 Å². The molecule has 4 nitrogen and oxygen atoms in total. The summed E-state index contributed by atoms with van der Waals surface area (Å²) in [6.07, 6.45) is 1.37. The number of hydrogen-bond donors (Lipinski definition) is 1. The van der Waals surface area contributed by atoms with E-state index in [1.165, 1.54) is 0 Å². The molecule has 0 unspecified atom stereocenters. The van der Waals surface area contributed by atoms with Gasteiger partial charge in [0.05, 0.1) is 12.8 Å². The van der Waals surface area contributed by atoms with E-state index in [1.807, 2.05) is 0 Å². The molecular weight excluding hydrogens is 130 g/mol. The zero-order valence-corrected chi connectivity index (χ0v) is 5.37. The standard InChI is InChI=1S/C6H7N3O/c1-4-2-5(10)9-6(4)8-3-7/h3H,1-2H2,(H2,7,8,9,10). The summed E-state index contributed by atoms with van der Waals surface area (Å²) in [5.41, 5.74) is 5.62. The maximum Gasteiger partial charge on any atom is 0.252 e. The number of rotatable bonds is 0. The van der Waals surface area contributed by atoms with E-state index in [-0.39, 0.29) is 12.3 Å². The average Bonchev–Trinajstić information content (AvgIpc) is 2.13. The van der Waals surface area contributed by atoms with Crippen LogP contribution in [0.2, 0.25) is 0 Å². The Hall–Kier alpha value is -1.45. The van der Waals surface area contributed by atoms with E-state index in [0.29, 0.717) is 11.4 Å². The molecule has 0 saturated heterocycles. The largest absolute Gasteiger partial charge is 0.390 e. The highest BCUT2D eigenvalue weighted by Crippen LogP contribution is 2.11. The fourth-order valence-electron chi connectivity index (χ4n) is 0.689. The molecule has 0 aromatic carbocycles. The molecule has 0 spiro atoms. The quantitative estimate of drug-likeness (QED) is 0.373. The highest BCUT2D eigenvalue weighted by atomic mass is 16.1. The molecule has 0 atom stereocenters. The second-order valence-corrected chi connectivity index (χ2v) is 1.89. The van der Waals surface area contributed by atoms with Gasteiger partial charge in [-0.25, -0.2) is 4.99 Å². The van der Waals surface area contributed by atoms with E-state index < -0.39 is 0 Å². The van der Waals surface area contributed by atoms with E-state index in [2.05, 4.69) is 16.6 Å². The summed E-state index contributed by atoms with van der Waals surface area (Å²) in [6, 6.07) is 0. The zero-order valence-electron chi connectivity index (χ0n) is 5.37. The predicted molar refractivity (Wildman–Crippen MR) is 38.9 cm³/mol. The van der Waals surface area contributed by atoms with Gasteiger partial charge in [0.1, 0.15) is 0 Å². The van der Waals surface area contributed by atoms with E-state index >= 15 is 0 Å². The molecule has 1 amide bonds. The van der Waals surface area contributed by atoms with Crippen molar-refractivity contribution in [1.29, 1.82) is 0 Å². The summed E-state index contributed by atoms with van der Waals surface area (Å²) in [7, 11) is 0. The first kappa shape index (κ1) is 6.67. The van der Waals surface area contributed by atoms with Crippen molar-refractivity contribution in [2.75, 3.05) is 0 Å². The molecule has 2 N–H and O–H groups in total. The number of amides is 1. The maximum absolute atomic E-state index is 10.6. The first-order valence-corrected chi connectivity index (χ1v) is 2.78. The van der Waals surface area contributed by atoms with Gasteiger partial charge in [-0.3, -0.25) is 4.79 Å². The van der Waals surface area contributed by atoms with Crippen LogP contribution in [0.15, 0.2) is 22.1 Å². The van der Waals surface area contributed by atoms with E-state index in [1.54, 1.807) is 0 Å². The summed E-state index contributed by atoms with van der Waals surface area (Å²) >= 11 is 0. The van der Waals surface area contributed by atoms with E-state index in [9.17, 15) is 4.79 Å². The molecule has 0 saturated carbocycles. The molecule has 1 aliphatic heterocycles. The minimum Gasteiger partial charge on any atom is -0.390 e. The van der Waals surface area contributed by atoms with Gasteiger partial charge in [0.25, 0.3) is 5.91 Å². The summed E-state index contributed by atoms with van der Waals surface area (Å²) in [5.74, 6) is 0.151. The molecule has 0 fully saturated rings. The van der Waals surface area contributed by atoms with Crippen LogP contribution in [0.3, 0.4) is 0 Å². The van der Waals surface area contributed by atoms with Crippen LogP contribution in [0, 0.1) is 0 Å². The van der Waals surface area contributed by atoms with Crippen molar-refractivity contribution in [3.05, 3.63) is 12.2 Å². The van der Waals surface area contributed by atoms with Gasteiger partial charge < -0.3 is 5.73 Å². The smallest absolute Gasteiger partial charge is 0.252 e. The first-order valence-electron chi connectivity index (χ1n) is 2.78. The van der Waals surface area contributed by atoms with Crippen LogP contribution in [0.5, 0.6) is 0 Å². The van der Waals surface area contributed by atoms with Gasteiger partial charge in [-0.1, -0.05) is 6.58 Å². The van der Waals surface area contributed by atoms with Crippen molar-refractivity contribution in [3.8, 4) is 0 Å². The Morgan fingerprint density at radius 3 is 2.90 bits per heavy atom. The lowest BCUT2D eigenvalue weighted by Crippen LogP contribution is -1.96. The Kier molecular flexibility index (Phi) is 1.62. The molecule has 0 bridgehead atoms. The summed E-state index contributed by atoms with van der Waals surface area (Å²) < 4.78 is 0. The third-order valence-corrected chi connectivity index (χ3v) is 1.11. The SMILES string of the molecule is C=C1CC(=O)N=C1N=CN. The van der Waals surface area contributed by atoms with E-state index in [4.69, 9.17) is 5.73 Å². The second-order valence-electron chi connectivity index (χ2n) is 1.89. The van der Waals surface area contributed by atoms with Crippen LogP contribution in [0.4, 0.5) is 0 Å². The fraction of sp³-hybridized carbons (Fsp3) is 0.167. The normalized spacial score (nSPS) is 18.6. The van der Waals surface area contributed by atoms with Crippen LogP contribution < -0.4 is 5.73 Å². The third-order valence-electron chi connectivity index (χ3n) is 1.11. The highest BCUT2D eigenvalue weighted by molar-refractivity contribution is 6.14. The number of aliphatic imine (C=N–C) groups is 2. The summed E-state index contributed by atoms with van der Waals surface area (Å²) in [4.78, 5) is 17.8. The van der Waals surface area contributed by atoms with Gasteiger partial charge in [0, 0.05) is 0 Å². The molecule has 1 rings (SSSR count). The summed E-state index contributed by atoms with van der Waals surface area (Å²) in [5, 5.41) is 0. The van der Waals surface area contributed by atoms with Crippen LogP contribution in [0.25, 0.3) is 0 Å². The number of nitrogens with zero attached hydrogens (tertiary/aromatic N) is 2. The first-order chi connectivity index (χ1) is 4.74. The number of hydrogen-bond acceptors (Lipinski definition) is 2. The molecule has 0 radical (unpaired) electrons. The van der Waals surface area contributed by atoms with Crippen LogP contribution in [-0.4, -0.2) is 18.1 Å². The van der Waals surface area contributed by atoms with Crippen molar-refractivity contribution in [2.24, 2.45) is 15.7 Å². The molecular formula is C6H7N3O. The van der Waals surface area contributed by atoms with Crippen molar-refractivity contribution in [3.63, 3.8) is 0 Å². The predicted octanol–water partition coefficient (Wildman–Crippen LogP) is -0.142. The fourth-order valence-corrected chi connectivity index (χ4v) is 0.689. The molecule has 4 heteroatoms. The van der Waals surface area contributed by atoms with Crippen molar-refractivity contribution in [1.82, 2.24) is 0 Å². The Bertz CT molecular complexity index is 239. The minimum atomic E-state index is -0.203. The Morgan fingerprint density at radius 1 is 1.80 bits per heavy atom. The number of nitrogens with two attached hydrogens (primary N) is 1. The number of amidine groups is 1. The highest BCUT2D eigenvalue weighted by Gasteiger charge is 2.16. The minimum absolute atomic E-state index is 0.203. The molecule has 0 aromatic rings. The zero-order chi connectivity index (χ0) is 7.56. The third kappa shape index (κ3) is 1.10. The molecule has 1 heterocycles. The summed E-state index contributed by atoms with van der Waals surface area (Å²) in [6.45, 7) is 3.58. The molecule has 10 heavy (non-hydrogen) atoms. The van der Waals surface area contributed by atoms with Gasteiger partial charge in [-0.2, -0.15) is 4.99 Å². The Morgan fingerprint density at radius 2 is 2.50 bits per heavy atom. The second kappa shape index (κ2) is 2.43. The number of carbonyl (C=O) groups excluding carboxylic acids is 1. The van der Waals surface area contributed by atoms with Crippen LogP contribution in [0.1, 0.15) is 6.42 Å². The van der Waals surface area contributed by atoms with Crippen molar-refractivity contribution >= 4 is 18.1 Å².